The van der Waals surface area contributed by atoms with Crippen LogP contribution in [0.15, 0.2) is 54.6 Å². The van der Waals surface area contributed by atoms with Gasteiger partial charge in [-0.1, -0.05) is 32.0 Å². The van der Waals surface area contributed by atoms with E-state index in [4.69, 9.17) is 4.74 Å². The van der Waals surface area contributed by atoms with Gasteiger partial charge in [0.25, 0.3) is 5.91 Å². The van der Waals surface area contributed by atoms with Crippen molar-refractivity contribution in [2.75, 3.05) is 5.32 Å². The summed E-state index contributed by atoms with van der Waals surface area (Å²) in [5.74, 6) is -0.553. The van der Waals surface area contributed by atoms with Crippen molar-refractivity contribution in [2.45, 2.75) is 65.0 Å². The molecule has 0 saturated carbocycles. The zero-order valence-electron chi connectivity index (χ0n) is 19.9. The maximum Gasteiger partial charge on any atom is 0.306 e. The van der Waals surface area contributed by atoms with E-state index in [0.717, 1.165) is 41.0 Å². The Labute approximate surface area is 199 Å². The van der Waals surface area contributed by atoms with Crippen molar-refractivity contribution in [2.24, 2.45) is 0 Å². The van der Waals surface area contributed by atoms with Crippen LogP contribution in [0.4, 0.5) is 10.1 Å². The van der Waals surface area contributed by atoms with E-state index in [2.05, 4.69) is 23.7 Å². The zero-order chi connectivity index (χ0) is 24.2. The molecule has 178 valence electrons. The van der Waals surface area contributed by atoms with Gasteiger partial charge in [0.05, 0.1) is 11.3 Å². The Morgan fingerprint density at radius 1 is 1.15 bits per heavy atom. The second-order valence-electron chi connectivity index (χ2n) is 9.16. The van der Waals surface area contributed by atoms with Gasteiger partial charge in [0.1, 0.15) is 11.9 Å². The van der Waals surface area contributed by atoms with Crippen LogP contribution in [0.1, 0.15) is 67.1 Å². The number of ether oxygens (including phenoxy) is 1. The van der Waals surface area contributed by atoms with Gasteiger partial charge in [-0.25, -0.2) is 4.39 Å². The molecule has 1 aromatic heterocycles. The number of cyclic esters (lactones) is 1. The third-order valence-electron chi connectivity index (χ3n) is 6.35. The fourth-order valence-electron chi connectivity index (χ4n) is 4.84. The molecular formula is C28H31FN2O3. The number of aromatic nitrogens is 1. The summed E-state index contributed by atoms with van der Waals surface area (Å²) in [5, 5.41) is 3.03. The van der Waals surface area contributed by atoms with Gasteiger partial charge in [-0.3, -0.25) is 9.59 Å². The van der Waals surface area contributed by atoms with Crippen molar-refractivity contribution >= 4 is 17.6 Å². The van der Waals surface area contributed by atoms with Crippen LogP contribution in [0.5, 0.6) is 0 Å². The topological polar surface area (TPSA) is 60.3 Å². The fourth-order valence-corrected chi connectivity index (χ4v) is 4.84. The second kappa shape index (κ2) is 10.2. The van der Waals surface area contributed by atoms with Crippen molar-refractivity contribution in [1.82, 2.24) is 4.57 Å². The first-order chi connectivity index (χ1) is 16.3. The first-order valence-corrected chi connectivity index (χ1v) is 11.9. The minimum atomic E-state index is -0.306. The highest BCUT2D eigenvalue weighted by Crippen LogP contribution is 2.36. The highest BCUT2D eigenvalue weighted by Gasteiger charge is 2.28. The average Bonchev–Trinajstić information content (AvgIpc) is 3.11. The van der Waals surface area contributed by atoms with Crippen LogP contribution >= 0.6 is 0 Å². The summed E-state index contributed by atoms with van der Waals surface area (Å²) in [6, 6.07) is 15.8. The molecule has 1 atom stereocenters. The average molecular weight is 463 g/mol. The van der Waals surface area contributed by atoms with Crippen molar-refractivity contribution in [3.8, 4) is 11.3 Å². The van der Waals surface area contributed by atoms with E-state index in [1.165, 1.54) is 12.1 Å². The molecule has 0 bridgehead atoms. The number of anilines is 1. The molecule has 0 aliphatic carbocycles. The third kappa shape index (κ3) is 5.06. The number of esters is 1. The summed E-state index contributed by atoms with van der Waals surface area (Å²) in [6.45, 7) is 6.68. The minimum absolute atomic E-state index is 0.0679. The molecule has 1 N–H and O–H groups in total. The molecule has 0 spiro atoms. The molecule has 3 aromatic rings. The van der Waals surface area contributed by atoms with Crippen LogP contribution in [0.25, 0.3) is 11.3 Å². The predicted molar refractivity (Wildman–Crippen MR) is 131 cm³/mol. The predicted octanol–water partition coefficient (Wildman–Crippen LogP) is 6.46. The van der Waals surface area contributed by atoms with Gasteiger partial charge in [-0.2, -0.15) is 0 Å². The highest BCUT2D eigenvalue weighted by molar-refractivity contribution is 6.07. The molecule has 1 amide bonds. The number of halogens is 1. The first-order valence-electron chi connectivity index (χ1n) is 11.9. The van der Waals surface area contributed by atoms with E-state index in [-0.39, 0.29) is 29.7 Å². The number of benzene rings is 2. The quantitative estimate of drug-likeness (QED) is 0.410. The maximum atomic E-state index is 13.7. The Bertz CT molecular complexity index is 1170. The zero-order valence-corrected chi connectivity index (χ0v) is 19.9. The number of hydrogen-bond donors (Lipinski definition) is 1. The standard InChI is InChI=1S/C28H31FN2O3/c1-18(2)26-25(28(33)30-22-8-5-4-6-9-22)19(3)27(20-12-14-21(29)15-13-20)31(26)17-16-23-10-7-11-24(32)34-23/h4-6,8-9,12-15,18,23H,7,10-11,16-17H2,1-3H3,(H,30,33)/t23-/m0/s1. The van der Waals surface area contributed by atoms with Crippen molar-refractivity contribution in [3.63, 3.8) is 0 Å². The lowest BCUT2D eigenvalue weighted by atomic mass is 10.0. The lowest BCUT2D eigenvalue weighted by Crippen LogP contribution is -2.25. The molecule has 1 saturated heterocycles. The number of nitrogens with zero attached hydrogens (tertiary/aromatic N) is 1. The Kier molecular flexibility index (Phi) is 7.15. The summed E-state index contributed by atoms with van der Waals surface area (Å²) < 4.78 is 21.4. The molecule has 1 fully saturated rings. The maximum absolute atomic E-state index is 13.7. The summed E-state index contributed by atoms with van der Waals surface area (Å²) in [5.41, 5.74) is 4.88. The molecule has 1 aliphatic rings. The molecule has 34 heavy (non-hydrogen) atoms. The van der Waals surface area contributed by atoms with Gasteiger partial charge in [-0.15, -0.1) is 0 Å². The van der Waals surface area contributed by atoms with E-state index in [1.54, 1.807) is 12.1 Å². The SMILES string of the molecule is Cc1c(C(=O)Nc2ccccc2)c(C(C)C)n(CC[C@@H]2CCCC(=O)O2)c1-c1ccc(F)cc1. The van der Waals surface area contributed by atoms with Crippen molar-refractivity contribution in [1.29, 1.82) is 0 Å². The van der Waals surface area contributed by atoms with Crippen LogP contribution in [0, 0.1) is 12.7 Å². The van der Waals surface area contributed by atoms with Gasteiger partial charge in [0, 0.05) is 30.8 Å². The molecule has 2 aromatic carbocycles. The summed E-state index contributed by atoms with van der Waals surface area (Å²) in [4.78, 5) is 25.3. The number of para-hydroxylation sites is 1. The van der Waals surface area contributed by atoms with Gasteiger partial charge in [0.15, 0.2) is 0 Å². The van der Waals surface area contributed by atoms with E-state index >= 15 is 0 Å². The van der Waals surface area contributed by atoms with Gasteiger partial charge < -0.3 is 14.6 Å². The molecule has 6 heteroatoms. The molecule has 0 radical (unpaired) electrons. The number of carbonyl (C=O) groups is 2. The Balaban J connectivity index is 1.77. The molecule has 4 rings (SSSR count). The van der Waals surface area contributed by atoms with E-state index in [1.807, 2.05) is 37.3 Å². The smallest absolute Gasteiger partial charge is 0.306 e. The molecule has 1 aliphatic heterocycles. The molecule has 2 heterocycles. The second-order valence-corrected chi connectivity index (χ2v) is 9.16. The van der Waals surface area contributed by atoms with Crippen LogP contribution < -0.4 is 5.32 Å². The number of rotatable bonds is 7. The van der Waals surface area contributed by atoms with E-state index < -0.39 is 0 Å². The Morgan fingerprint density at radius 2 is 1.85 bits per heavy atom. The van der Waals surface area contributed by atoms with Gasteiger partial charge in [-0.05, 0) is 73.2 Å². The fraction of sp³-hybridized carbons (Fsp3) is 0.357. The van der Waals surface area contributed by atoms with Gasteiger partial charge >= 0.3 is 5.97 Å². The van der Waals surface area contributed by atoms with Crippen molar-refractivity contribution in [3.05, 3.63) is 77.2 Å². The lowest BCUT2D eigenvalue weighted by molar-refractivity contribution is -0.154. The Hall–Kier alpha value is -3.41. The Morgan fingerprint density at radius 3 is 2.50 bits per heavy atom. The first kappa shape index (κ1) is 23.7. The summed E-state index contributed by atoms with van der Waals surface area (Å²) >= 11 is 0. The monoisotopic (exact) mass is 462 g/mol. The number of nitrogens with one attached hydrogen (secondary N) is 1. The van der Waals surface area contributed by atoms with E-state index in [9.17, 15) is 14.0 Å². The summed E-state index contributed by atoms with van der Waals surface area (Å²) in [7, 11) is 0. The molecular weight excluding hydrogens is 431 g/mol. The minimum Gasteiger partial charge on any atom is -0.462 e. The van der Waals surface area contributed by atoms with Crippen LogP contribution in [-0.2, 0) is 16.1 Å². The number of amides is 1. The lowest BCUT2D eigenvalue weighted by Gasteiger charge is -2.24. The highest BCUT2D eigenvalue weighted by atomic mass is 19.1. The van der Waals surface area contributed by atoms with Crippen LogP contribution in [0.3, 0.4) is 0 Å². The molecule has 5 nitrogen and oxygen atoms in total. The molecule has 0 unspecified atom stereocenters. The number of carbonyl (C=O) groups excluding carboxylic acids is 2. The van der Waals surface area contributed by atoms with Gasteiger partial charge in [0.2, 0.25) is 0 Å². The van der Waals surface area contributed by atoms with Crippen LogP contribution in [-0.4, -0.2) is 22.5 Å². The number of hydrogen-bond acceptors (Lipinski definition) is 3. The van der Waals surface area contributed by atoms with Crippen molar-refractivity contribution < 1.29 is 18.7 Å². The normalized spacial score (nSPS) is 15.9. The summed E-state index contributed by atoms with van der Waals surface area (Å²) in [6.07, 6.45) is 2.68. The third-order valence-corrected chi connectivity index (χ3v) is 6.35. The van der Waals surface area contributed by atoms with Crippen LogP contribution in [0.2, 0.25) is 0 Å². The largest absolute Gasteiger partial charge is 0.462 e. The van der Waals surface area contributed by atoms with E-state index in [0.29, 0.717) is 24.9 Å².